The van der Waals surface area contributed by atoms with E-state index in [0.717, 1.165) is 16.7 Å². The van der Waals surface area contributed by atoms with Crippen molar-refractivity contribution in [2.45, 2.75) is 19.9 Å². The molecule has 3 aromatic rings. The van der Waals surface area contributed by atoms with Crippen molar-refractivity contribution in [2.75, 3.05) is 10.6 Å². The van der Waals surface area contributed by atoms with Crippen LogP contribution in [0.1, 0.15) is 13.8 Å². The second kappa shape index (κ2) is 6.60. The molecule has 23 heavy (non-hydrogen) atoms. The maximum atomic E-state index is 6.20. The van der Waals surface area contributed by atoms with E-state index in [1.165, 1.54) is 0 Å². The lowest BCUT2D eigenvalue weighted by Gasteiger charge is -2.14. The molecule has 2 aromatic carbocycles. The molecule has 0 spiro atoms. The molecule has 0 fully saturated rings. The maximum Gasteiger partial charge on any atom is 0.229 e. The highest BCUT2D eigenvalue weighted by Gasteiger charge is 2.10. The van der Waals surface area contributed by atoms with E-state index in [9.17, 15) is 0 Å². The number of rotatable bonds is 4. The van der Waals surface area contributed by atoms with Crippen molar-refractivity contribution in [2.24, 2.45) is 0 Å². The fourth-order valence-electron chi connectivity index (χ4n) is 2.23. The molecule has 2 N–H and O–H groups in total. The molecule has 1 aromatic heterocycles. The Morgan fingerprint density at radius 1 is 1.00 bits per heavy atom. The second-order valence-electron chi connectivity index (χ2n) is 5.46. The summed E-state index contributed by atoms with van der Waals surface area (Å²) in [7, 11) is 0. The number of benzene rings is 2. The van der Waals surface area contributed by atoms with Gasteiger partial charge in [0, 0.05) is 16.5 Å². The lowest BCUT2D eigenvalue weighted by molar-refractivity contribution is 0.891. The van der Waals surface area contributed by atoms with E-state index in [4.69, 9.17) is 23.2 Å². The van der Waals surface area contributed by atoms with Crippen LogP contribution in [0.2, 0.25) is 10.0 Å². The van der Waals surface area contributed by atoms with Gasteiger partial charge >= 0.3 is 0 Å². The van der Waals surface area contributed by atoms with E-state index in [1.807, 2.05) is 24.3 Å². The SMILES string of the molecule is CC(C)Nc1nc(Nc2cc(Cl)ccc2Cl)nc2ccccc12. The molecular formula is C17H16Cl2N4. The van der Waals surface area contributed by atoms with Gasteiger partial charge in [0.1, 0.15) is 5.82 Å². The Bertz CT molecular complexity index is 849. The van der Waals surface area contributed by atoms with Crippen LogP contribution in [0, 0.1) is 0 Å². The smallest absolute Gasteiger partial charge is 0.229 e. The van der Waals surface area contributed by atoms with Crippen LogP contribution in [0.5, 0.6) is 0 Å². The number of hydrogen-bond donors (Lipinski definition) is 2. The summed E-state index contributed by atoms with van der Waals surface area (Å²) in [5.41, 5.74) is 1.52. The van der Waals surface area contributed by atoms with Gasteiger partial charge in [0.25, 0.3) is 0 Å². The normalized spacial score (nSPS) is 11.0. The molecule has 3 rings (SSSR count). The first-order chi connectivity index (χ1) is 11.0. The zero-order chi connectivity index (χ0) is 16.4. The summed E-state index contributed by atoms with van der Waals surface area (Å²) in [5, 5.41) is 8.62. The second-order valence-corrected chi connectivity index (χ2v) is 6.30. The number of halogens is 2. The third kappa shape index (κ3) is 3.66. The average molecular weight is 347 g/mol. The molecule has 0 bridgehead atoms. The van der Waals surface area contributed by atoms with Gasteiger partial charge in [-0.05, 0) is 44.2 Å². The highest BCUT2D eigenvalue weighted by Crippen LogP contribution is 2.29. The maximum absolute atomic E-state index is 6.20. The molecule has 0 unspecified atom stereocenters. The molecule has 0 amide bonds. The molecule has 0 saturated heterocycles. The first kappa shape index (κ1) is 15.8. The zero-order valence-corrected chi connectivity index (χ0v) is 14.3. The topological polar surface area (TPSA) is 49.8 Å². The van der Waals surface area contributed by atoms with Gasteiger partial charge < -0.3 is 10.6 Å². The van der Waals surface area contributed by atoms with Crippen molar-refractivity contribution in [3.63, 3.8) is 0 Å². The number of nitrogens with zero attached hydrogens (tertiary/aromatic N) is 2. The Morgan fingerprint density at radius 2 is 1.78 bits per heavy atom. The van der Waals surface area contributed by atoms with Gasteiger partial charge in [-0.25, -0.2) is 4.98 Å². The molecule has 0 aliphatic carbocycles. The van der Waals surface area contributed by atoms with Gasteiger partial charge in [-0.2, -0.15) is 4.98 Å². The molecule has 0 saturated carbocycles. The van der Waals surface area contributed by atoms with E-state index in [-0.39, 0.29) is 6.04 Å². The summed E-state index contributed by atoms with van der Waals surface area (Å²) >= 11 is 12.2. The Morgan fingerprint density at radius 3 is 2.57 bits per heavy atom. The van der Waals surface area contributed by atoms with Crippen molar-refractivity contribution < 1.29 is 0 Å². The van der Waals surface area contributed by atoms with Crippen LogP contribution in [0.4, 0.5) is 17.5 Å². The van der Waals surface area contributed by atoms with E-state index < -0.39 is 0 Å². The average Bonchev–Trinajstić information content (AvgIpc) is 2.50. The summed E-state index contributed by atoms with van der Waals surface area (Å²) < 4.78 is 0. The quantitative estimate of drug-likeness (QED) is 0.654. The molecule has 0 radical (unpaired) electrons. The third-order valence-electron chi connectivity index (χ3n) is 3.20. The van der Waals surface area contributed by atoms with Crippen molar-refractivity contribution >= 4 is 51.6 Å². The van der Waals surface area contributed by atoms with Crippen LogP contribution in [0.15, 0.2) is 42.5 Å². The van der Waals surface area contributed by atoms with E-state index in [2.05, 4.69) is 34.4 Å². The Hall–Kier alpha value is -2.04. The van der Waals surface area contributed by atoms with Crippen LogP contribution in [0.3, 0.4) is 0 Å². The Kier molecular flexibility index (Phi) is 4.55. The number of aromatic nitrogens is 2. The lowest BCUT2D eigenvalue weighted by Crippen LogP contribution is -2.12. The van der Waals surface area contributed by atoms with E-state index in [1.54, 1.807) is 18.2 Å². The van der Waals surface area contributed by atoms with Crippen LogP contribution in [0.25, 0.3) is 10.9 Å². The summed E-state index contributed by atoms with van der Waals surface area (Å²) in [6, 6.07) is 13.4. The zero-order valence-electron chi connectivity index (χ0n) is 12.8. The molecule has 0 aliphatic heterocycles. The predicted octanol–water partition coefficient (Wildman–Crippen LogP) is 5.50. The molecule has 0 aliphatic rings. The minimum Gasteiger partial charge on any atom is -0.367 e. The molecule has 118 valence electrons. The molecule has 0 atom stereocenters. The number of anilines is 3. The van der Waals surface area contributed by atoms with Gasteiger partial charge in [0.2, 0.25) is 5.95 Å². The number of para-hydroxylation sites is 1. The van der Waals surface area contributed by atoms with Crippen LogP contribution in [-0.4, -0.2) is 16.0 Å². The Balaban J connectivity index is 2.05. The minimum absolute atomic E-state index is 0.260. The summed E-state index contributed by atoms with van der Waals surface area (Å²) in [4.78, 5) is 9.12. The molecular weight excluding hydrogens is 331 g/mol. The van der Waals surface area contributed by atoms with Crippen molar-refractivity contribution in [1.82, 2.24) is 9.97 Å². The third-order valence-corrected chi connectivity index (χ3v) is 3.77. The van der Waals surface area contributed by atoms with E-state index in [0.29, 0.717) is 21.7 Å². The summed E-state index contributed by atoms with van der Waals surface area (Å²) in [6.45, 7) is 4.13. The highest BCUT2D eigenvalue weighted by atomic mass is 35.5. The van der Waals surface area contributed by atoms with Gasteiger partial charge in [-0.1, -0.05) is 35.3 Å². The summed E-state index contributed by atoms with van der Waals surface area (Å²) in [5.74, 6) is 1.25. The van der Waals surface area contributed by atoms with Gasteiger partial charge in [-0.3, -0.25) is 0 Å². The van der Waals surface area contributed by atoms with Crippen LogP contribution >= 0.6 is 23.2 Å². The largest absolute Gasteiger partial charge is 0.367 e. The molecule has 1 heterocycles. The fourth-order valence-corrected chi connectivity index (χ4v) is 2.57. The molecule has 6 heteroatoms. The Labute approximate surface area is 144 Å². The van der Waals surface area contributed by atoms with Crippen LogP contribution < -0.4 is 10.6 Å². The minimum atomic E-state index is 0.260. The first-order valence-electron chi connectivity index (χ1n) is 7.28. The monoisotopic (exact) mass is 346 g/mol. The number of fused-ring (bicyclic) bond motifs is 1. The van der Waals surface area contributed by atoms with Gasteiger partial charge in [-0.15, -0.1) is 0 Å². The van der Waals surface area contributed by atoms with E-state index >= 15 is 0 Å². The fraction of sp³-hybridized carbons (Fsp3) is 0.176. The first-order valence-corrected chi connectivity index (χ1v) is 8.04. The standard InChI is InChI=1S/C17H16Cl2N4/c1-10(2)20-16-12-5-3-4-6-14(12)21-17(23-16)22-15-9-11(18)7-8-13(15)19/h3-10H,1-2H3,(H2,20,21,22,23). The number of hydrogen-bond acceptors (Lipinski definition) is 4. The van der Waals surface area contributed by atoms with Gasteiger partial charge in [0.15, 0.2) is 0 Å². The number of nitrogens with one attached hydrogen (secondary N) is 2. The van der Waals surface area contributed by atoms with Crippen molar-refractivity contribution in [3.8, 4) is 0 Å². The van der Waals surface area contributed by atoms with Crippen molar-refractivity contribution in [1.29, 1.82) is 0 Å². The predicted molar refractivity (Wildman–Crippen MR) is 98.0 cm³/mol. The highest BCUT2D eigenvalue weighted by molar-refractivity contribution is 6.35. The summed E-state index contributed by atoms with van der Waals surface area (Å²) in [6.07, 6.45) is 0. The van der Waals surface area contributed by atoms with Crippen LogP contribution in [-0.2, 0) is 0 Å². The molecule has 4 nitrogen and oxygen atoms in total. The van der Waals surface area contributed by atoms with Crippen molar-refractivity contribution in [3.05, 3.63) is 52.5 Å². The lowest BCUT2D eigenvalue weighted by atomic mass is 10.2. The van der Waals surface area contributed by atoms with Gasteiger partial charge in [0.05, 0.1) is 16.2 Å².